The second kappa shape index (κ2) is 4.60. The van der Waals surface area contributed by atoms with Crippen molar-refractivity contribution in [3.05, 3.63) is 28.2 Å². The van der Waals surface area contributed by atoms with Gasteiger partial charge in [-0.05, 0) is 31.0 Å². The fourth-order valence-corrected chi connectivity index (χ4v) is 2.39. The van der Waals surface area contributed by atoms with Crippen LogP contribution >= 0.6 is 23.2 Å². The van der Waals surface area contributed by atoms with E-state index in [2.05, 4.69) is 17.1 Å². The normalized spacial score (nSPS) is 18.2. The van der Waals surface area contributed by atoms with E-state index in [1.54, 1.807) is 6.07 Å². The average Bonchev–Trinajstić information content (AvgIpc) is 2.20. The van der Waals surface area contributed by atoms with Crippen molar-refractivity contribution in [3.63, 3.8) is 0 Å². The summed E-state index contributed by atoms with van der Waals surface area (Å²) in [6.07, 6.45) is 2.46. The van der Waals surface area contributed by atoms with E-state index in [4.69, 9.17) is 23.2 Å². The van der Waals surface area contributed by atoms with Crippen molar-refractivity contribution < 1.29 is 0 Å². The molecule has 0 aliphatic carbocycles. The Labute approximate surface area is 100 Å². The van der Waals surface area contributed by atoms with Crippen molar-refractivity contribution in [1.82, 2.24) is 5.01 Å². The quantitative estimate of drug-likeness (QED) is 0.747. The summed E-state index contributed by atoms with van der Waals surface area (Å²) in [7, 11) is 2.09. The molecule has 0 radical (unpaired) electrons. The van der Waals surface area contributed by atoms with Gasteiger partial charge in [-0.1, -0.05) is 23.2 Å². The van der Waals surface area contributed by atoms with E-state index in [9.17, 15) is 0 Å². The second-order valence-electron chi connectivity index (χ2n) is 3.81. The maximum Gasteiger partial charge on any atom is 0.0709 e. The minimum atomic E-state index is 0.684. The summed E-state index contributed by atoms with van der Waals surface area (Å²) in [6, 6.07) is 5.65. The van der Waals surface area contributed by atoms with Crippen LogP contribution in [0.15, 0.2) is 18.2 Å². The number of benzene rings is 1. The van der Waals surface area contributed by atoms with Gasteiger partial charge in [-0.3, -0.25) is 0 Å². The molecule has 0 atom stereocenters. The van der Waals surface area contributed by atoms with Gasteiger partial charge in [-0.15, -0.1) is 0 Å². The molecular formula is C11H14Cl2N2. The lowest BCUT2D eigenvalue weighted by atomic mass is 10.2. The van der Waals surface area contributed by atoms with E-state index in [-0.39, 0.29) is 0 Å². The van der Waals surface area contributed by atoms with Crippen LogP contribution in [-0.2, 0) is 0 Å². The van der Waals surface area contributed by atoms with Crippen molar-refractivity contribution in [1.29, 1.82) is 0 Å². The number of hydrazine groups is 1. The van der Waals surface area contributed by atoms with Gasteiger partial charge < -0.3 is 5.01 Å². The highest BCUT2D eigenvalue weighted by Gasteiger charge is 2.18. The summed E-state index contributed by atoms with van der Waals surface area (Å²) in [5.74, 6) is 0. The van der Waals surface area contributed by atoms with E-state index in [0.29, 0.717) is 5.02 Å². The Morgan fingerprint density at radius 1 is 1.13 bits per heavy atom. The minimum absolute atomic E-state index is 0.684. The van der Waals surface area contributed by atoms with Gasteiger partial charge in [0.1, 0.15) is 0 Å². The Hall–Kier alpha value is -0.440. The van der Waals surface area contributed by atoms with Gasteiger partial charge in [0.2, 0.25) is 0 Å². The predicted octanol–water partition coefficient (Wildman–Crippen LogP) is 3.44. The lowest BCUT2D eigenvalue weighted by Gasteiger charge is -2.38. The number of anilines is 1. The number of hydrogen-bond donors (Lipinski definition) is 0. The molecule has 0 N–H and O–H groups in total. The van der Waals surface area contributed by atoms with E-state index in [1.807, 2.05) is 12.1 Å². The summed E-state index contributed by atoms with van der Waals surface area (Å²) in [6.45, 7) is 2.11. The van der Waals surface area contributed by atoms with Crippen molar-refractivity contribution in [3.8, 4) is 0 Å². The summed E-state index contributed by atoms with van der Waals surface area (Å²) in [4.78, 5) is 0. The zero-order valence-corrected chi connectivity index (χ0v) is 10.2. The average molecular weight is 245 g/mol. The van der Waals surface area contributed by atoms with Crippen LogP contribution in [0.4, 0.5) is 5.69 Å². The van der Waals surface area contributed by atoms with Crippen LogP contribution < -0.4 is 5.01 Å². The Morgan fingerprint density at radius 2 is 1.87 bits per heavy atom. The third-order valence-electron chi connectivity index (χ3n) is 2.70. The first kappa shape index (κ1) is 11.1. The molecule has 1 heterocycles. The van der Waals surface area contributed by atoms with E-state index >= 15 is 0 Å². The van der Waals surface area contributed by atoms with Crippen LogP contribution in [-0.4, -0.2) is 25.1 Å². The maximum absolute atomic E-state index is 6.18. The lowest BCUT2D eigenvalue weighted by molar-refractivity contribution is 0.260. The fourth-order valence-electron chi connectivity index (χ4n) is 1.89. The summed E-state index contributed by atoms with van der Waals surface area (Å²) in [5.41, 5.74) is 1.04. The zero-order chi connectivity index (χ0) is 10.8. The largest absolute Gasteiger partial charge is 0.305 e. The van der Waals surface area contributed by atoms with Crippen LogP contribution in [0.3, 0.4) is 0 Å². The monoisotopic (exact) mass is 244 g/mol. The summed E-state index contributed by atoms with van der Waals surface area (Å²) >= 11 is 12.1. The van der Waals surface area contributed by atoms with E-state index in [0.717, 1.165) is 23.8 Å². The second-order valence-corrected chi connectivity index (χ2v) is 4.65. The molecule has 2 rings (SSSR count). The molecule has 0 saturated carbocycles. The molecule has 1 aliphatic rings. The molecule has 4 heteroatoms. The molecule has 1 aromatic rings. The molecule has 82 valence electrons. The van der Waals surface area contributed by atoms with Crippen LogP contribution in [0.25, 0.3) is 0 Å². The molecule has 1 fully saturated rings. The Kier molecular flexibility index (Phi) is 3.39. The maximum atomic E-state index is 6.18. The highest BCUT2D eigenvalue weighted by atomic mass is 35.5. The van der Waals surface area contributed by atoms with Crippen LogP contribution in [0.1, 0.15) is 12.8 Å². The summed E-state index contributed by atoms with van der Waals surface area (Å²) < 4.78 is 0. The predicted molar refractivity (Wildman–Crippen MR) is 65.7 cm³/mol. The SMILES string of the molecule is CN1CCCCN1c1ccc(Cl)cc1Cl. The molecule has 2 nitrogen and oxygen atoms in total. The van der Waals surface area contributed by atoms with Crippen molar-refractivity contribution in [2.24, 2.45) is 0 Å². The molecular weight excluding hydrogens is 231 g/mol. The van der Waals surface area contributed by atoms with Gasteiger partial charge in [0.25, 0.3) is 0 Å². The van der Waals surface area contributed by atoms with Gasteiger partial charge in [0.15, 0.2) is 0 Å². The standard InChI is InChI=1S/C11H14Cl2N2/c1-14-6-2-3-7-15(14)11-5-4-9(12)8-10(11)13/h4-5,8H,2-3,6-7H2,1H3. The number of halogens is 2. The molecule has 0 unspecified atom stereocenters. The highest BCUT2D eigenvalue weighted by Crippen LogP contribution is 2.30. The molecule has 15 heavy (non-hydrogen) atoms. The minimum Gasteiger partial charge on any atom is -0.305 e. The molecule has 0 spiro atoms. The van der Waals surface area contributed by atoms with E-state index < -0.39 is 0 Å². The van der Waals surface area contributed by atoms with Crippen molar-refractivity contribution in [2.45, 2.75) is 12.8 Å². The molecule has 1 saturated heterocycles. The Morgan fingerprint density at radius 3 is 2.53 bits per heavy atom. The summed E-state index contributed by atoms with van der Waals surface area (Å²) in [5, 5.41) is 5.82. The number of hydrogen-bond acceptors (Lipinski definition) is 2. The van der Waals surface area contributed by atoms with Gasteiger partial charge in [0.05, 0.1) is 10.7 Å². The molecule has 0 bridgehead atoms. The van der Waals surface area contributed by atoms with Gasteiger partial charge in [-0.25, -0.2) is 5.01 Å². The fraction of sp³-hybridized carbons (Fsp3) is 0.455. The molecule has 0 amide bonds. The van der Waals surface area contributed by atoms with Crippen molar-refractivity contribution in [2.75, 3.05) is 25.1 Å². The highest BCUT2D eigenvalue weighted by molar-refractivity contribution is 6.36. The van der Waals surface area contributed by atoms with Crippen LogP contribution in [0, 0.1) is 0 Å². The number of nitrogens with zero attached hydrogens (tertiary/aromatic N) is 2. The topological polar surface area (TPSA) is 6.48 Å². The molecule has 1 aromatic carbocycles. The van der Waals surface area contributed by atoms with Gasteiger partial charge >= 0.3 is 0 Å². The zero-order valence-electron chi connectivity index (χ0n) is 8.71. The first-order valence-electron chi connectivity index (χ1n) is 5.12. The number of rotatable bonds is 1. The molecule has 0 aromatic heterocycles. The first-order valence-corrected chi connectivity index (χ1v) is 5.88. The van der Waals surface area contributed by atoms with Crippen LogP contribution in [0.2, 0.25) is 10.0 Å². The van der Waals surface area contributed by atoms with Gasteiger partial charge in [0, 0.05) is 25.2 Å². The van der Waals surface area contributed by atoms with Gasteiger partial charge in [-0.2, -0.15) is 0 Å². The van der Waals surface area contributed by atoms with Crippen molar-refractivity contribution >= 4 is 28.9 Å². The Bertz CT molecular complexity index is 354. The third-order valence-corrected chi connectivity index (χ3v) is 3.24. The lowest BCUT2D eigenvalue weighted by Crippen LogP contribution is -2.44. The Balaban J connectivity index is 2.27. The van der Waals surface area contributed by atoms with Crippen LogP contribution in [0.5, 0.6) is 0 Å². The molecule has 1 aliphatic heterocycles. The van der Waals surface area contributed by atoms with E-state index in [1.165, 1.54) is 12.8 Å². The third kappa shape index (κ3) is 2.39. The first-order chi connectivity index (χ1) is 7.18. The smallest absolute Gasteiger partial charge is 0.0709 e.